The van der Waals surface area contributed by atoms with E-state index in [9.17, 15) is 4.39 Å². The lowest BCUT2D eigenvalue weighted by Gasteiger charge is -2.19. The third-order valence-corrected chi connectivity index (χ3v) is 4.89. The van der Waals surface area contributed by atoms with Gasteiger partial charge in [0.05, 0.1) is 11.4 Å². The fraction of sp³-hybridized carbons (Fsp3) is 0.381. The Labute approximate surface area is 143 Å². The van der Waals surface area contributed by atoms with Crippen molar-refractivity contribution >= 4 is 11.6 Å². The summed E-state index contributed by atoms with van der Waals surface area (Å²) in [6, 6.07) is 12.1. The zero-order valence-electron chi connectivity index (χ0n) is 14.6. The minimum Gasteiger partial charge on any atom is -0.308 e. The number of aryl methyl sites for hydroxylation is 1. The van der Waals surface area contributed by atoms with Crippen LogP contribution in [0.3, 0.4) is 0 Å². The van der Waals surface area contributed by atoms with Crippen molar-refractivity contribution in [3.63, 3.8) is 0 Å². The number of pyridine rings is 1. The Hall–Kier alpha value is -2.00. The highest BCUT2D eigenvalue weighted by Crippen LogP contribution is 2.29. The van der Waals surface area contributed by atoms with Crippen molar-refractivity contribution in [1.82, 2.24) is 10.3 Å². The summed E-state index contributed by atoms with van der Waals surface area (Å²) in [5.41, 5.74) is 5.19. The number of nitrogens with zero attached hydrogens (tertiary/aromatic N) is 1. The van der Waals surface area contributed by atoms with Crippen molar-refractivity contribution in [2.75, 3.05) is 0 Å². The van der Waals surface area contributed by atoms with E-state index in [1.807, 2.05) is 0 Å². The van der Waals surface area contributed by atoms with Crippen LogP contribution in [0.4, 0.5) is 4.39 Å². The van der Waals surface area contributed by atoms with Gasteiger partial charge in [-0.15, -0.1) is 0 Å². The number of allylic oxidation sites excluding steroid dienone is 1. The van der Waals surface area contributed by atoms with Crippen LogP contribution < -0.4 is 5.32 Å². The van der Waals surface area contributed by atoms with Crippen molar-refractivity contribution < 1.29 is 4.39 Å². The molecule has 0 fully saturated rings. The first-order valence-corrected chi connectivity index (χ1v) is 8.72. The lowest BCUT2D eigenvalue weighted by molar-refractivity contribution is 0.418. The van der Waals surface area contributed by atoms with Crippen LogP contribution in [0, 0.1) is 11.7 Å². The van der Waals surface area contributed by atoms with E-state index in [1.54, 1.807) is 12.1 Å². The molecule has 1 aromatic carbocycles. The van der Waals surface area contributed by atoms with E-state index in [-0.39, 0.29) is 5.82 Å². The van der Waals surface area contributed by atoms with E-state index in [0.717, 1.165) is 18.5 Å². The number of hydrogen-bond acceptors (Lipinski definition) is 2. The zero-order valence-corrected chi connectivity index (χ0v) is 14.6. The SMILES string of the molecule is CC(C)[C@@H](C)NCc1nc(C2=Cc3ccccc3CC2)ccc1F. The van der Waals surface area contributed by atoms with Crippen LogP contribution in [0.5, 0.6) is 0 Å². The quantitative estimate of drug-likeness (QED) is 0.851. The van der Waals surface area contributed by atoms with Gasteiger partial charge in [-0.3, -0.25) is 0 Å². The van der Waals surface area contributed by atoms with Crippen LogP contribution >= 0.6 is 0 Å². The highest BCUT2D eigenvalue weighted by molar-refractivity contribution is 5.83. The third-order valence-electron chi connectivity index (χ3n) is 4.89. The average Bonchev–Trinajstić information content (AvgIpc) is 2.60. The highest BCUT2D eigenvalue weighted by Gasteiger charge is 2.15. The molecule has 3 heteroatoms. The monoisotopic (exact) mass is 324 g/mol. The molecule has 1 aliphatic rings. The van der Waals surface area contributed by atoms with Crippen LogP contribution in [-0.4, -0.2) is 11.0 Å². The van der Waals surface area contributed by atoms with Crippen molar-refractivity contribution in [1.29, 1.82) is 0 Å². The molecule has 0 saturated heterocycles. The Bertz CT molecular complexity index is 749. The first kappa shape index (κ1) is 16.8. The Kier molecular flexibility index (Phi) is 5.10. The topological polar surface area (TPSA) is 24.9 Å². The molecule has 24 heavy (non-hydrogen) atoms. The molecule has 126 valence electrons. The van der Waals surface area contributed by atoms with Gasteiger partial charge in [-0.2, -0.15) is 0 Å². The fourth-order valence-electron chi connectivity index (χ4n) is 2.91. The lowest BCUT2D eigenvalue weighted by atomic mass is 9.90. The van der Waals surface area contributed by atoms with Gasteiger partial charge in [0.25, 0.3) is 0 Å². The smallest absolute Gasteiger partial charge is 0.146 e. The van der Waals surface area contributed by atoms with Gasteiger partial charge in [0, 0.05) is 12.6 Å². The Morgan fingerprint density at radius 1 is 1.08 bits per heavy atom. The minimum absolute atomic E-state index is 0.237. The molecule has 2 nitrogen and oxygen atoms in total. The molecule has 1 N–H and O–H groups in total. The van der Waals surface area contributed by atoms with Crippen molar-refractivity contribution in [2.24, 2.45) is 5.92 Å². The molecule has 1 heterocycles. The molecule has 0 unspecified atom stereocenters. The zero-order chi connectivity index (χ0) is 17.1. The van der Waals surface area contributed by atoms with Crippen LogP contribution in [0.25, 0.3) is 11.6 Å². The number of fused-ring (bicyclic) bond motifs is 1. The van der Waals surface area contributed by atoms with Gasteiger partial charge in [-0.1, -0.05) is 38.1 Å². The molecule has 2 aromatic rings. The maximum atomic E-state index is 14.1. The molecule has 3 rings (SSSR count). The van der Waals surface area contributed by atoms with Gasteiger partial charge in [-0.25, -0.2) is 9.37 Å². The predicted molar refractivity (Wildman–Crippen MR) is 98.0 cm³/mol. The summed E-state index contributed by atoms with van der Waals surface area (Å²) in [4.78, 5) is 4.59. The molecule has 1 atom stereocenters. The second-order valence-electron chi connectivity index (χ2n) is 6.91. The maximum absolute atomic E-state index is 14.1. The molecule has 0 saturated carbocycles. The summed E-state index contributed by atoms with van der Waals surface area (Å²) in [6.07, 6.45) is 4.15. The lowest BCUT2D eigenvalue weighted by Crippen LogP contribution is -2.30. The third kappa shape index (κ3) is 3.73. The maximum Gasteiger partial charge on any atom is 0.146 e. The van der Waals surface area contributed by atoms with Crippen LogP contribution in [0.1, 0.15) is 49.7 Å². The largest absolute Gasteiger partial charge is 0.308 e. The highest BCUT2D eigenvalue weighted by atomic mass is 19.1. The van der Waals surface area contributed by atoms with Crippen molar-refractivity contribution in [3.8, 4) is 0 Å². The first-order chi connectivity index (χ1) is 11.5. The van der Waals surface area contributed by atoms with Gasteiger partial charge < -0.3 is 5.32 Å². The normalized spacial score (nSPS) is 15.1. The number of halogens is 1. The van der Waals surface area contributed by atoms with E-state index >= 15 is 0 Å². The second kappa shape index (κ2) is 7.27. The second-order valence-corrected chi connectivity index (χ2v) is 6.91. The number of nitrogens with one attached hydrogen (secondary N) is 1. The minimum atomic E-state index is -0.237. The van der Waals surface area contributed by atoms with E-state index in [4.69, 9.17) is 0 Å². The molecule has 0 bridgehead atoms. The van der Waals surface area contributed by atoms with E-state index in [0.29, 0.717) is 24.2 Å². The molecule has 1 aromatic heterocycles. The van der Waals surface area contributed by atoms with Gasteiger partial charge in [0.15, 0.2) is 0 Å². The van der Waals surface area contributed by atoms with Crippen LogP contribution in [0.15, 0.2) is 36.4 Å². The summed E-state index contributed by atoms with van der Waals surface area (Å²) < 4.78 is 14.1. The van der Waals surface area contributed by atoms with E-state index < -0.39 is 0 Å². The Balaban J connectivity index is 1.83. The number of rotatable bonds is 5. The molecular formula is C21H25FN2. The Morgan fingerprint density at radius 2 is 1.88 bits per heavy atom. The van der Waals surface area contributed by atoms with Gasteiger partial charge >= 0.3 is 0 Å². The van der Waals surface area contributed by atoms with Gasteiger partial charge in [0.2, 0.25) is 0 Å². The van der Waals surface area contributed by atoms with Crippen molar-refractivity contribution in [2.45, 2.75) is 46.2 Å². The molecule has 1 aliphatic carbocycles. The van der Waals surface area contributed by atoms with Crippen LogP contribution in [-0.2, 0) is 13.0 Å². The molecule has 0 radical (unpaired) electrons. The standard InChI is InChI=1S/C21H25FN2/c1-14(2)15(3)23-13-21-19(22)10-11-20(24-21)18-9-8-16-6-4-5-7-17(16)12-18/h4-7,10-12,14-15,23H,8-9,13H2,1-3H3/t15-/m1/s1. The summed E-state index contributed by atoms with van der Waals surface area (Å²) in [5.74, 6) is 0.271. The predicted octanol–water partition coefficient (Wildman–Crippen LogP) is 4.84. The van der Waals surface area contributed by atoms with Gasteiger partial charge in [0.1, 0.15) is 5.82 Å². The summed E-state index contributed by atoms with van der Waals surface area (Å²) in [6.45, 7) is 6.89. The molecule has 0 aliphatic heterocycles. The van der Waals surface area contributed by atoms with E-state index in [2.05, 4.69) is 61.4 Å². The number of aromatic nitrogens is 1. The van der Waals surface area contributed by atoms with Crippen LogP contribution in [0.2, 0.25) is 0 Å². The van der Waals surface area contributed by atoms with Crippen molar-refractivity contribution in [3.05, 3.63) is 64.7 Å². The van der Waals surface area contributed by atoms with Gasteiger partial charge in [-0.05, 0) is 60.6 Å². The Morgan fingerprint density at radius 3 is 2.67 bits per heavy atom. The first-order valence-electron chi connectivity index (χ1n) is 8.72. The number of benzene rings is 1. The summed E-state index contributed by atoms with van der Waals surface area (Å²) >= 11 is 0. The van der Waals surface area contributed by atoms with E-state index in [1.165, 1.54) is 16.7 Å². The summed E-state index contributed by atoms with van der Waals surface area (Å²) in [5, 5.41) is 3.36. The molecule has 0 spiro atoms. The fourth-order valence-corrected chi connectivity index (χ4v) is 2.91. The molecular weight excluding hydrogens is 299 g/mol. The average molecular weight is 324 g/mol. The molecule has 0 amide bonds. The summed E-state index contributed by atoms with van der Waals surface area (Å²) in [7, 11) is 0. The number of hydrogen-bond donors (Lipinski definition) is 1.